The summed E-state index contributed by atoms with van der Waals surface area (Å²) in [6.45, 7) is 4.23. The van der Waals surface area contributed by atoms with Gasteiger partial charge in [0, 0.05) is 0 Å². The van der Waals surface area contributed by atoms with E-state index < -0.39 is 0 Å². The summed E-state index contributed by atoms with van der Waals surface area (Å²) in [6, 6.07) is 0. The molecule has 0 unspecified atom stereocenters. The number of hydrogen-bond donors (Lipinski definition) is 0. The summed E-state index contributed by atoms with van der Waals surface area (Å²) in [5.41, 5.74) is 0. The van der Waals surface area contributed by atoms with Gasteiger partial charge in [0.2, 0.25) is 0 Å². The second-order valence-electron chi connectivity index (χ2n) is 3.09. The molecule has 0 saturated carbocycles. The minimum atomic E-state index is 1.08. The molecule has 0 aromatic heterocycles. The van der Waals surface area contributed by atoms with E-state index in [1.165, 1.54) is 19.3 Å². The van der Waals surface area contributed by atoms with Crippen LogP contribution in [0, 0.1) is 0 Å². The van der Waals surface area contributed by atoms with E-state index in [0.29, 0.717) is 0 Å². The number of unbranched alkanes of at least 4 members (excludes halogenated alkanes) is 2. The van der Waals surface area contributed by atoms with Crippen LogP contribution < -0.4 is 0 Å². The van der Waals surface area contributed by atoms with Gasteiger partial charge < -0.3 is 0 Å². The molecule has 0 fully saturated rings. The highest BCUT2D eigenvalue weighted by atomic mass is 13.9. The van der Waals surface area contributed by atoms with Crippen LogP contribution in [0.5, 0.6) is 0 Å². The monoisotopic (exact) mass is 178 g/mol. The first-order valence-corrected chi connectivity index (χ1v) is 5.33. The molecule has 0 aromatic rings. The second-order valence-corrected chi connectivity index (χ2v) is 3.09. The predicted molar refractivity (Wildman–Crippen MR) is 61.9 cm³/mol. The van der Waals surface area contributed by atoms with E-state index in [1.54, 1.807) is 0 Å². The predicted octanol–water partition coefficient (Wildman–Crippen LogP) is 4.65. The van der Waals surface area contributed by atoms with Gasteiger partial charge in [-0.1, -0.05) is 43.4 Å². The van der Waals surface area contributed by atoms with Crippen LogP contribution in [-0.2, 0) is 0 Å². The van der Waals surface area contributed by atoms with E-state index in [4.69, 9.17) is 0 Å². The lowest BCUT2D eigenvalue weighted by atomic mass is 10.2. The Labute approximate surface area is 83.0 Å². The summed E-state index contributed by atoms with van der Waals surface area (Å²) >= 11 is 0. The standard InChI is InChI=1S/C13H22/c1-3-5-7-9-11-13-12-10-8-6-4-2/h3,5-6,8-9,11H,4,7,10,12-13H2,1-2H3. The van der Waals surface area contributed by atoms with Gasteiger partial charge in [-0.3, -0.25) is 0 Å². The Bertz CT molecular complexity index is 161. The van der Waals surface area contributed by atoms with Gasteiger partial charge in [0.25, 0.3) is 0 Å². The van der Waals surface area contributed by atoms with Crippen molar-refractivity contribution in [3.05, 3.63) is 36.5 Å². The highest BCUT2D eigenvalue weighted by molar-refractivity contribution is 4.91. The highest BCUT2D eigenvalue weighted by Crippen LogP contribution is 1.99. The normalized spacial score (nSPS) is 12.5. The Balaban J connectivity index is 3.15. The van der Waals surface area contributed by atoms with Crippen LogP contribution in [0.15, 0.2) is 36.5 Å². The number of allylic oxidation sites excluding steroid dienone is 6. The van der Waals surface area contributed by atoms with E-state index in [2.05, 4.69) is 50.3 Å². The molecule has 0 aliphatic heterocycles. The third-order valence-electron chi connectivity index (χ3n) is 1.82. The van der Waals surface area contributed by atoms with E-state index in [-0.39, 0.29) is 0 Å². The van der Waals surface area contributed by atoms with Gasteiger partial charge in [-0.25, -0.2) is 0 Å². The molecule has 0 rings (SSSR count). The molecule has 0 nitrogen and oxygen atoms in total. The van der Waals surface area contributed by atoms with E-state index >= 15 is 0 Å². The zero-order chi connectivity index (χ0) is 9.78. The SMILES string of the molecule is CC=CCC=CCCCC=CCC. The molecule has 0 heterocycles. The van der Waals surface area contributed by atoms with Crippen molar-refractivity contribution in [1.82, 2.24) is 0 Å². The van der Waals surface area contributed by atoms with Crippen LogP contribution in [0.3, 0.4) is 0 Å². The molecule has 0 radical (unpaired) electrons. The fourth-order valence-corrected chi connectivity index (χ4v) is 1.07. The molecule has 0 N–H and O–H groups in total. The van der Waals surface area contributed by atoms with Crippen molar-refractivity contribution >= 4 is 0 Å². The first-order valence-electron chi connectivity index (χ1n) is 5.33. The first-order chi connectivity index (χ1) is 6.41. The van der Waals surface area contributed by atoms with Crippen LogP contribution in [0.1, 0.15) is 46.0 Å². The van der Waals surface area contributed by atoms with Gasteiger partial charge in [-0.2, -0.15) is 0 Å². The smallest absolute Gasteiger partial charge is 0.0169 e. The molecular formula is C13H22. The lowest BCUT2D eigenvalue weighted by molar-refractivity contribution is 0.863. The fourth-order valence-electron chi connectivity index (χ4n) is 1.07. The lowest BCUT2D eigenvalue weighted by Crippen LogP contribution is -1.69. The van der Waals surface area contributed by atoms with E-state index in [0.717, 1.165) is 12.8 Å². The van der Waals surface area contributed by atoms with Crippen molar-refractivity contribution < 1.29 is 0 Å². The lowest BCUT2D eigenvalue weighted by Gasteiger charge is -1.89. The van der Waals surface area contributed by atoms with Crippen LogP contribution >= 0.6 is 0 Å². The van der Waals surface area contributed by atoms with Gasteiger partial charge in [0.1, 0.15) is 0 Å². The summed E-state index contributed by atoms with van der Waals surface area (Å²) in [5, 5.41) is 0. The molecule has 0 aromatic carbocycles. The van der Waals surface area contributed by atoms with Crippen molar-refractivity contribution in [2.45, 2.75) is 46.0 Å². The molecule has 0 aliphatic carbocycles. The molecule has 0 atom stereocenters. The first kappa shape index (κ1) is 12.2. The van der Waals surface area contributed by atoms with E-state index in [9.17, 15) is 0 Å². The van der Waals surface area contributed by atoms with Gasteiger partial charge in [0.15, 0.2) is 0 Å². The number of rotatable bonds is 7. The van der Waals surface area contributed by atoms with Crippen LogP contribution in [0.4, 0.5) is 0 Å². The topological polar surface area (TPSA) is 0 Å². The highest BCUT2D eigenvalue weighted by Gasteiger charge is 1.79. The summed E-state index contributed by atoms with van der Waals surface area (Å²) in [4.78, 5) is 0. The largest absolute Gasteiger partial charge is 0.0914 e. The van der Waals surface area contributed by atoms with Gasteiger partial charge in [-0.05, 0) is 39.0 Å². The Kier molecular flexibility index (Phi) is 10.5. The zero-order valence-electron chi connectivity index (χ0n) is 9.00. The maximum Gasteiger partial charge on any atom is -0.0169 e. The molecule has 0 aliphatic rings. The van der Waals surface area contributed by atoms with Gasteiger partial charge in [-0.15, -0.1) is 0 Å². The summed E-state index contributed by atoms with van der Waals surface area (Å²) < 4.78 is 0. The van der Waals surface area contributed by atoms with Crippen molar-refractivity contribution in [3.63, 3.8) is 0 Å². The van der Waals surface area contributed by atoms with Crippen LogP contribution in [-0.4, -0.2) is 0 Å². The average molecular weight is 178 g/mol. The number of hydrogen-bond acceptors (Lipinski definition) is 0. The maximum absolute atomic E-state index is 2.28. The average Bonchev–Trinajstić information content (AvgIpc) is 2.16. The Morgan fingerprint density at radius 2 is 1.54 bits per heavy atom. The third-order valence-corrected chi connectivity index (χ3v) is 1.82. The molecule has 0 spiro atoms. The maximum atomic E-state index is 2.28. The molecule has 0 bridgehead atoms. The van der Waals surface area contributed by atoms with Crippen molar-refractivity contribution in [3.8, 4) is 0 Å². The van der Waals surface area contributed by atoms with Crippen LogP contribution in [0.25, 0.3) is 0 Å². The Hall–Kier alpha value is -0.780. The van der Waals surface area contributed by atoms with Crippen molar-refractivity contribution in [1.29, 1.82) is 0 Å². The van der Waals surface area contributed by atoms with Crippen LogP contribution in [0.2, 0.25) is 0 Å². The Morgan fingerprint density at radius 1 is 0.846 bits per heavy atom. The zero-order valence-corrected chi connectivity index (χ0v) is 9.00. The molecule has 0 heteroatoms. The molecule has 13 heavy (non-hydrogen) atoms. The van der Waals surface area contributed by atoms with Crippen molar-refractivity contribution in [2.24, 2.45) is 0 Å². The van der Waals surface area contributed by atoms with E-state index in [1.807, 2.05) is 0 Å². The van der Waals surface area contributed by atoms with Gasteiger partial charge in [0.05, 0.1) is 0 Å². The van der Waals surface area contributed by atoms with Crippen molar-refractivity contribution in [2.75, 3.05) is 0 Å². The third kappa shape index (κ3) is 11.2. The minimum Gasteiger partial charge on any atom is -0.0914 e. The quantitative estimate of drug-likeness (QED) is 0.393. The molecule has 0 saturated heterocycles. The summed E-state index contributed by atoms with van der Waals surface area (Å²) in [5.74, 6) is 0. The Morgan fingerprint density at radius 3 is 2.15 bits per heavy atom. The minimum absolute atomic E-state index is 1.08. The second kappa shape index (κ2) is 11.2. The molecule has 74 valence electrons. The fraction of sp³-hybridized carbons (Fsp3) is 0.538. The molecular weight excluding hydrogens is 156 g/mol. The summed E-state index contributed by atoms with van der Waals surface area (Å²) in [7, 11) is 0. The molecule has 0 amide bonds. The van der Waals surface area contributed by atoms with Gasteiger partial charge >= 0.3 is 0 Å². The summed E-state index contributed by atoms with van der Waals surface area (Å²) in [6.07, 6.45) is 19.3.